The number of hydrogen-bond acceptors (Lipinski definition) is 4. The maximum atomic E-state index is 10.7. The Labute approximate surface area is 188 Å². The summed E-state index contributed by atoms with van der Waals surface area (Å²) in [7, 11) is -2.76. The molecule has 5 heteroatoms. The summed E-state index contributed by atoms with van der Waals surface area (Å²) in [5, 5.41) is 12.9. The van der Waals surface area contributed by atoms with Crippen molar-refractivity contribution in [3.63, 3.8) is 0 Å². The van der Waals surface area contributed by atoms with Crippen molar-refractivity contribution < 1.29 is 19.0 Å². The lowest BCUT2D eigenvalue weighted by molar-refractivity contribution is -0.133. The Hall–Kier alpha value is -1.76. The number of rotatable bonds is 7. The lowest BCUT2D eigenvalue weighted by atomic mass is 10.2. The van der Waals surface area contributed by atoms with E-state index in [0.717, 1.165) is 0 Å². The number of hydrogen-bond donors (Lipinski definition) is 1. The van der Waals surface area contributed by atoms with Crippen molar-refractivity contribution in [3.05, 3.63) is 72.8 Å². The highest BCUT2D eigenvalue weighted by Gasteiger charge is 2.51. The van der Waals surface area contributed by atoms with Crippen LogP contribution in [-0.4, -0.2) is 44.1 Å². The van der Waals surface area contributed by atoms with E-state index in [1.165, 1.54) is 10.4 Å². The molecule has 0 unspecified atom stereocenters. The monoisotopic (exact) mass is 440 g/mol. The molecule has 168 valence electrons. The van der Waals surface area contributed by atoms with Crippen molar-refractivity contribution in [2.45, 2.75) is 70.7 Å². The van der Waals surface area contributed by atoms with E-state index in [1.54, 1.807) is 6.92 Å². The zero-order chi connectivity index (χ0) is 22.7. The second-order valence-corrected chi connectivity index (χ2v) is 14.0. The molecule has 2 aromatic rings. The molecule has 0 saturated carbocycles. The van der Waals surface area contributed by atoms with Crippen molar-refractivity contribution in [1.29, 1.82) is 0 Å². The molecule has 1 aliphatic heterocycles. The van der Waals surface area contributed by atoms with Crippen molar-refractivity contribution in [1.82, 2.24) is 0 Å². The molecule has 3 rings (SSSR count). The standard InChI is InChI=1S/C26H36O4Si/c1-20(27)24(18-17-21-19-28-26(5,6)29-21)30-31(25(2,3)4,22-13-9-7-10-14-22)23-15-11-8-12-16-23/h7-18,20-21,24,27H,19H2,1-6H3/b18-17+/t20-,21+,24-/m1/s1. The van der Waals surface area contributed by atoms with Gasteiger partial charge in [0.05, 0.1) is 18.8 Å². The van der Waals surface area contributed by atoms with Gasteiger partial charge in [-0.25, -0.2) is 0 Å². The Morgan fingerprint density at radius 2 is 1.55 bits per heavy atom. The maximum absolute atomic E-state index is 10.7. The third-order valence-corrected chi connectivity index (χ3v) is 10.8. The first-order chi connectivity index (χ1) is 14.6. The van der Waals surface area contributed by atoms with Gasteiger partial charge in [0, 0.05) is 0 Å². The smallest absolute Gasteiger partial charge is 0.262 e. The topological polar surface area (TPSA) is 47.9 Å². The maximum Gasteiger partial charge on any atom is 0.262 e. The largest absolute Gasteiger partial charge is 0.398 e. The van der Waals surface area contributed by atoms with Gasteiger partial charge in [-0.3, -0.25) is 0 Å². The fraction of sp³-hybridized carbons (Fsp3) is 0.462. The molecular formula is C26H36O4Si. The van der Waals surface area contributed by atoms with Gasteiger partial charge in [-0.15, -0.1) is 0 Å². The fourth-order valence-corrected chi connectivity index (χ4v) is 8.94. The second kappa shape index (κ2) is 9.39. The van der Waals surface area contributed by atoms with Gasteiger partial charge in [0.25, 0.3) is 8.32 Å². The van der Waals surface area contributed by atoms with E-state index in [2.05, 4.69) is 69.3 Å². The fourth-order valence-electron chi connectivity index (χ4n) is 4.24. The summed E-state index contributed by atoms with van der Waals surface area (Å²) < 4.78 is 18.6. The van der Waals surface area contributed by atoms with Crippen LogP contribution >= 0.6 is 0 Å². The van der Waals surface area contributed by atoms with Crippen LogP contribution in [0.15, 0.2) is 72.8 Å². The molecule has 1 heterocycles. The molecule has 4 nitrogen and oxygen atoms in total. The van der Waals surface area contributed by atoms with Crippen LogP contribution in [0.5, 0.6) is 0 Å². The molecule has 3 atom stereocenters. The van der Waals surface area contributed by atoms with E-state index < -0.39 is 26.3 Å². The summed E-state index contributed by atoms with van der Waals surface area (Å²) >= 11 is 0. The van der Waals surface area contributed by atoms with E-state index in [9.17, 15) is 5.11 Å². The third-order valence-electron chi connectivity index (χ3n) is 5.75. The van der Waals surface area contributed by atoms with Crippen LogP contribution in [0.1, 0.15) is 41.5 Å². The molecule has 31 heavy (non-hydrogen) atoms. The molecule has 1 aliphatic rings. The molecule has 0 aromatic heterocycles. The minimum Gasteiger partial charge on any atom is -0.398 e. The number of benzene rings is 2. The molecule has 0 bridgehead atoms. The van der Waals surface area contributed by atoms with Gasteiger partial charge in [0.2, 0.25) is 0 Å². The first kappa shape index (κ1) is 23.9. The van der Waals surface area contributed by atoms with E-state index in [4.69, 9.17) is 13.9 Å². The summed E-state index contributed by atoms with van der Waals surface area (Å²) in [6, 6.07) is 20.9. The molecule has 0 aliphatic carbocycles. The molecule has 0 radical (unpaired) electrons. The highest BCUT2D eigenvalue weighted by Crippen LogP contribution is 2.38. The van der Waals surface area contributed by atoms with Gasteiger partial charge < -0.3 is 19.0 Å². The van der Waals surface area contributed by atoms with Gasteiger partial charge in [0.15, 0.2) is 5.79 Å². The molecule has 1 saturated heterocycles. The number of ether oxygens (including phenoxy) is 2. The number of aliphatic hydroxyl groups is 1. The molecular weight excluding hydrogens is 404 g/mol. The zero-order valence-electron chi connectivity index (χ0n) is 19.5. The predicted octanol–water partition coefficient (Wildman–Crippen LogP) is 4.02. The van der Waals surface area contributed by atoms with Gasteiger partial charge in [-0.1, -0.05) is 93.6 Å². The Kier molecular flexibility index (Phi) is 7.23. The third kappa shape index (κ3) is 5.36. The Morgan fingerprint density at radius 1 is 1.03 bits per heavy atom. The summed E-state index contributed by atoms with van der Waals surface area (Å²) in [6.45, 7) is 12.8. The number of aliphatic hydroxyl groups excluding tert-OH is 1. The average Bonchev–Trinajstić information content (AvgIpc) is 3.07. The van der Waals surface area contributed by atoms with Gasteiger partial charge in [0.1, 0.15) is 6.10 Å². The first-order valence-corrected chi connectivity index (χ1v) is 12.9. The summed E-state index contributed by atoms with van der Waals surface area (Å²) in [5.74, 6) is -0.589. The average molecular weight is 441 g/mol. The van der Waals surface area contributed by atoms with Crippen molar-refractivity contribution in [3.8, 4) is 0 Å². The summed E-state index contributed by atoms with van der Waals surface area (Å²) in [5.41, 5.74) is 0. The predicted molar refractivity (Wildman–Crippen MR) is 128 cm³/mol. The molecule has 1 N–H and O–H groups in total. The molecule has 0 spiro atoms. The van der Waals surface area contributed by atoms with Crippen molar-refractivity contribution in [2.24, 2.45) is 0 Å². The molecule has 0 amide bonds. The van der Waals surface area contributed by atoms with Crippen molar-refractivity contribution >= 4 is 18.7 Å². The Bertz CT molecular complexity index is 816. The quantitative estimate of drug-likeness (QED) is 0.522. The van der Waals surface area contributed by atoms with E-state index >= 15 is 0 Å². The zero-order valence-corrected chi connectivity index (χ0v) is 20.5. The van der Waals surface area contributed by atoms with E-state index in [1.807, 2.05) is 38.1 Å². The van der Waals surface area contributed by atoms with E-state index in [-0.39, 0.29) is 11.1 Å². The van der Waals surface area contributed by atoms with Crippen LogP contribution in [0.25, 0.3) is 0 Å². The Morgan fingerprint density at radius 3 is 1.94 bits per heavy atom. The van der Waals surface area contributed by atoms with Crippen LogP contribution in [0.2, 0.25) is 5.04 Å². The van der Waals surface area contributed by atoms with Gasteiger partial charge in [-0.05, 0) is 36.2 Å². The SMILES string of the molecule is C[C@@H](O)[C@@H](/C=C/[C@H]1COC(C)(C)O1)O[Si](c1ccccc1)(c1ccccc1)C(C)(C)C. The van der Waals surface area contributed by atoms with Crippen LogP contribution < -0.4 is 10.4 Å². The minimum atomic E-state index is -2.76. The minimum absolute atomic E-state index is 0.154. The Balaban J connectivity index is 2.04. The molecule has 2 aromatic carbocycles. The summed E-state index contributed by atoms with van der Waals surface area (Å²) in [4.78, 5) is 0. The highest BCUT2D eigenvalue weighted by atomic mass is 28.4. The van der Waals surface area contributed by atoms with Gasteiger partial charge >= 0.3 is 0 Å². The highest BCUT2D eigenvalue weighted by molar-refractivity contribution is 6.99. The normalized spacial score (nSPS) is 21.3. The van der Waals surface area contributed by atoms with Crippen LogP contribution in [0.3, 0.4) is 0 Å². The second-order valence-electron chi connectivity index (χ2n) is 9.74. The molecule has 1 fully saturated rings. The van der Waals surface area contributed by atoms with Crippen LogP contribution in [-0.2, 0) is 13.9 Å². The first-order valence-electron chi connectivity index (χ1n) is 11.0. The van der Waals surface area contributed by atoms with E-state index in [0.29, 0.717) is 6.61 Å². The lowest BCUT2D eigenvalue weighted by Gasteiger charge is -2.45. The van der Waals surface area contributed by atoms with Crippen LogP contribution in [0.4, 0.5) is 0 Å². The van der Waals surface area contributed by atoms with Gasteiger partial charge in [-0.2, -0.15) is 0 Å². The van der Waals surface area contributed by atoms with Crippen molar-refractivity contribution in [2.75, 3.05) is 6.61 Å². The lowest BCUT2D eigenvalue weighted by Crippen LogP contribution is -2.68. The van der Waals surface area contributed by atoms with Crippen LogP contribution in [0, 0.1) is 0 Å². The summed E-state index contributed by atoms with van der Waals surface area (Å²) in [6.07, 6.45) is 2.61.